The van der Waals surface area contributed by atoms with Crippen molar-refractivity contribution in [1.29, 1.82) is 0 Å². The molecule has 0 radical (unpaired) electrons. The van der Waals surface area contributed by atoms with E-state index in [1.165, 1.54) is 44.9 Å². The molecule has 16 heavy (non-hydrogen) atoms. The van der Waals surface area contributed by atoms with Crippen molar-refractivity contribution >= 4 is 0 Å². The van der Waals surface area contributed by atoms with E-state index in [2.05, 4.69) is 12.2 Å². The van der Waals surface area contributed by atoms with Gasteiger partial charge in [-0.25, -0.2) is 0 Å². The predicted molar refractivity (Wildman–Crippen MR) is 67.5 cm³/mol. The summed E-state index contributed by atoms with van der Waals surface area (Å²) in [4.78, 5) is 0. The molecule has 2 atom stereocenters. The topological polar surface area (TPSA) is 32.3 Å². The Balaban J connectivity index is 1.79. The molecule has 2 N–H and O–H groups in total. The Bertz CT molecular complexity index is 211. The van der Waals surface area contributed by atoms with Gasteiger partial charge in [-0.3, -0.25) is 0 Å². The minimum Gasteiger partial charge on any atom is -0.389 e. The summed E-state index contributed by atoms with van der Waals surface area (Å²) in [5.74, 6) is 0.846. The first-order valence-corrected chi connectivity index (χ1v) is 7.19. The van der Waals surface area contributed by atoms with Crippen LogP contribution in [0.25, 0.3) is 0 Å². The molecule has 0 aromatic carbocycles. The lowest BCUT2D eigenvalue weighted by Crippen LogP contribution is -2.46. The molecule has 0 bridgehead atoms. The average Bonchev–Trinajstić information content (AvgIpc) is 2.74. The number of hydrogen-bond donors (Lipinski definition) is 2. The molecule has 2 heteroatoms. The van der Waals surface area contributed by atoms with Crippen molar-refractivity contribution in [3.05, 3.63) is 0 Å². The smallest absolute Gasteiger partial charge is 0.0771 e. The maximum absolute atomic E-state index is 10.3. The quantitative estimate of drug-likeness (QED) is 0.771. The second-order valence-corrected chi connectivity index (χ2v) is 5.87. The van der Waals surface area contributed by atoms with Crippen molar-refractivity contribution in [2.75, 3.05) is 6.54 Å². The first-order valence-electron chi connectivity index (χ1n) is 7.19. The van der Waals surface area contributed by atoms with Gasteiger partial charge in [0.2, 0.25) is 0 Å². The highest BCUT2D eigenvalue weighted by Crippen LogP contribution is 2.31. The van der Waals surface area contributed by atoms with E-state index in [-0.39, 0.29) is 5.60 Å². The summed E-state index contributed by atoms with van der Waals surface area (Å²) < 4.78 is 0. The van der Waals surface area contributed by atoms with Gasteiger partial charge in [0.15, 0.2) is 0 Å². The molecule has 0 aliphatic heterocycles. The van der Waals surface area contributed by atoms with Crippen LogP contribution in [0.15, 0.2) is 0 Å². The third-order valence-corrected chi connectivity index (χ3v) is 4.66. The Kier molecular flexibility index (Phi) is 4.26. The summed E-state index contributed by atoms with van der Waals surface area (Å²) >= 11 is 0. The lowest BCUT2D eigenvalue weighted by Gasteiger charge is -2.34. The van der Waals surface area contributed by atoms with Crippen molar-refractivity contribution in [2.45, 2.75) is 76.4 Å². The van der Waals surface area contributed by atoms with Gasteiger partial charge in [0.1, 0.15) is 0 Å². The van der Waals surface area contributed by atoms with Crippen LogP contribution in [0.4, 0.5) is 0 Å². The maximum Gasteiger partial charge on any atom is 0.0771 e. The average molecular weight is 225 g/mol. The van der Waals surface area contributed by atoms with Crippen molar-refractivity contribution in [3.8, 4) is 0 Å². The molecule has 2 fully saturated rings. The maximum atomic E-state index is 10.3. The van der Waals surface area contributed by atoms with E-state index < -0.39 is 0 Å². The summed E-state index contributed by atoms with van der Waals surface area (Å²) in [6.45, 7) is 3.13. The fourth-order valence-electron chi connectivity index (χ4n) is 3.50. The van der Waals surface area contributed by atoms with Crippen molar-refractivity contribution in [2.24, 2.45) is 5.92 Å². The summed E-state index contributed by atoms with van der Waals surface area (Å²) in [5.41, 5.74) is -0.379. The monoisotopic (exact) mass is 225 g/mol. The van der Waals surface area contributed by atoms with E-state index in [4.69, 9.17) is 0 Å². The minimum absolute atomic E-state index is 0.379. The predicted octanol–water partition coefficient (Wildman–Crippen LogP) is 2.85. The number of rotatable bonds is 4. The third kappa shape index (κ3) is 2.98. The zero-order valence-corrected chi connectivity index (χ0v) is 10.7. The molecule has 2 nitrogen and oxygen atoms in total. The summed E-state index contributed by atoms with van der Waals surface area (Å²) in [5, 5.41) is 14.0. The third-order valence-electron chi connectivity index (χ3n) is 4.66. The molecule has 94 valence electrons. The Labute approximate surface area is 99.8 Å². The zero-order chi connectivity index (χ0) is 11.4. The normalized spacial score (nSPS) is 34.1. The SMILES string of the molecule is CCC1CCCCC1NCC1(O)CCCC1. The first-order chi connectivity index (χ1) is 7.73. The number of aliphatic hydroxyl groups is 1. The molecule has 2 aliphatic carbocycles. The Morgan fingerprint density at radius 1 is 1.12 bits per heavy atom. The fraction of sp³-hybridized carbons (Fsp3) is 1.00. The highest BCUT2D eigenvalue weighted by molar-refractivity contribution is 4.89. The second kappa shape index (κ2) is 5.50. The summed E-state index contributed by atoms with van der Waals surface area (Å²) in [7, 11) is 0. The van der Waals surface area contributed by atoms with Crippen molar-refractivity contribution in [1.82, 2.24) is 5.32 Å². The Morgan fingerprint density at radius 2 is 1.81 bits per heavy atom. The standard InChI is InChI=1S/C14H27NO/c1-2-12-7-3-4-8-13(12)15-11-14(16)9-5-6-10-14/h12-13,15-16H,2-11H2,1H3. The molecular formula is C14H27NO. The zero-order valence-electron chi connectivity index (χ0n) is 10.7. The van der Waals surface area contributed by atoms with E-state index in [0.29, 0.717) is 6.04 Å². The van der Waals surface area contributed by atoms with Gasteiger partial charge in [-0.05, 0) is 31.6 Å². The molecule has 0 aromatic rings. The largest absolute Gasteiger partial charge is 0.389 e. The van der Waals surface area contributed by atoms with Crippen molar-refractivity contribution in [3.63, 3.8) is 0 Å². The van der Waals surface area contributed by atoms with E-state index >= 15 is 0 Å². The fourth-order valence-corrected chi connectivity index (χ4v) is 3.50. The molecule has 0 amide bonds. The van der Waals surface area contributed by atoms with Gasteiger partial charge in [-0.2, -0.15) is 0 Å². The molecule has 0 saturated heterocycles. The van der Waals surface area contributed by atoms with E-state index in [9.17, 15) is 5.11 Å². The first kappa shape index (κ1) is 12.4. The van der Waals surface area contributed by atoms with Gasteiger partial charge in [-0.15, -0.1) is 0 Å². The Hall–Kier alpha value is -0.0800. The van der Waals surface area contributed by atoms with Crippen LogP contribution in [0.1, 0.15) is 64.7 Å². The number of hydrogen-bond acceptors (Lipinski definition) is 2. The summed E-state index contributed by atoms with van der Waals surface area (Å²) in [6, 6.07) is 0.670. The van der Waals surface area contributed by atoms with E-state index in [0.717, 1.165) is 25.3 Å². The van der Waals surface area contributed by atoms with Crippen LogP contribution in [-0.2, 0) is 0 Å². The van der Waals surface area contributed by atoms with Gasteiger partial charge >= 0.3 is 0 Å². The van der Waals surface area contributed by atoms with Crippen molar-refractivity contribution < 1.29 is 5.11 Å². The van der Waals surface area contributed by atoms with Crippen LogP contribution in [0, 0.1) is 5.92 Å². The summed E-state index contributed by atoms with van der Waals surface area (Å²) in [6.07, 6.45) is 11.2. The second-order valence-electron chi connectivity index (χ2n) is 5.87. The Morgan fingerprint density at radius 3 is 2.50 bits per heavy atom. The molecular weight excluding hydrogens is 198 g/mol. The van der Waals surface area contributed by atoms with E-state index in [1.807, 2.05) is 0 Å². The van der Waals surface area contributed by atoms with Crippen LogP contribution in [0.5, 0.6) is 0 Å². The molecule has 0 spiro atoms. The van der Waals surface area contributed by atoms with Gasteiger partial charge < -0.3 is 10.4 Å². The highest BCUT2D eigenvalue weighted by atomic mass is 16.3. The molecule has 2 aliphatic rings. The van der Waals surface area contributed by atoms with Crippen LogP contribution in [0.2, 0.25) is 0 Å². The number of nitrogens with one attached hydrogen (secondary N) is 1. The van der Waals surface area contributed by atoms with Crippen LogP contribution in [-0.4, -0.2) is 23.3 Å². The van der Waals surface area contributed by atoms with Gasteiger partial charge in [0.05, 0.1) is 5.60 Å². The van der Waals surface area contributed by atoms with Gasteiger partial charge in [-0.1, -0.05) is 39.0 Å². The molecule has 2 rings (SSSR count). The van der Waals surface area contributed by atoms with Crippen LogP contribution in [0.3, 0.4) is 0 Å². The lowest BCUT2D eigenvalue weighted by atomic mass is 9.82. The molecule has 2 saturated carbocycles. The van der Waals surface area contributed by atoms with E-state index in [1.54, 1.807) is 0 Å². The van der Waals surface area contributed by atoms with Crippen LogP contribution < -0.4 is 5.32 Å². The lowest BCUT2D eigenvalue weighted by molar-refractivity contribution is 0.0402. The molecule has 2 unspecified atom stereocenters. The van der Waals surface area contributed by atoms with Gasteiger partial charge in [0.25, 0.3) is 0 Å². The van der Waals surface area contributed by atoms with Crippen LogP contribution >= 0.6 is 0 Å². The minimum atomic E-state index is -0.379. The molecule has 0 aromatic heterocycles. The van der Waals surface area contributed by atoms with Gasteiger partial charge in [0, 0.05) is 12.6 Å². The highest BCUT2D eigenvalue weighted by Gasteiger charge is 2.32. The molecule has 0 heterocycles.